The molecular weight excluding hydrogens is 180 g/mol. The molecule has 0 amide bonds. The van der Waals surface area contributed by atoms with E-state index in [0.29, 0.717) is 0 Å². The second-order valence-electron chi connectivity index (χ2n) is 3.59. The summed E-state index contributed by atoms with van der Waals surface area (Å²) < 4.78 is 0. The van der Waals surface area contributed by atoms with Crippen LogP contribution in [0.3, 0.4) is 0 Å². The minimum absolute atomic E-state index is 0.00903. The summed E-state index contributed by atoms with van der Waals surface area (Å²) in [6.07, 6.45) is 8.99. The van der Waals surface area contributed by atoms with E-state index in [1.165, 1.54) is 12.0 Å². The Hall–Kier alpha value is -0.930. The molecule has 1 heteroatoms. The predicted octanol–water partition coefficient (Wildman–Crippen LogP) is 3.39. The van der Waals surface area contributed by atoms with E-state index in [4.69, 9.17) is 18.0 Å². The van der Waals surface area contributed by atoms with E-state index in [0.717, 1.165) is 17.9 Å². The Morgan fingerprint density at radius 3 is 2.62 bits per heavy atom. The van der Waals surface area contributed by atoms with Gasteiger partial charge in [-0.2, -0.15) is 0 Å². The predicted molar refractivity (Wildman–Crippen MR) is 55.8 cm³/mol. The summed E-state index contributed by atoms with van der Waals surface area (Å²) >= 11 is 5.92. The zero-order valence-corrected chi connectivity index (χ0v) is 8.14. The van der Waals surface area contributed by atoms with Crippen molar-refractivity contribution in [3.63, 3.8) is 0 Å². The molecule has 0 atom stereocenters. The van der Waals surface area contributed by atoms with Crippen molar-refractivity contribution in [3.05, 3.63) is 34.9 Å². The van der Waals surface area contributed by atoms with Gasteiger partial charge in [-0.05, 0) is 37.0 Å². The summed E-state index contributed by atoms with van der Waals surface area (Å²) in [5, 5.41) is 0.777. The van der Waals surface area contributed by atoms with Crippen LogP contribution in [0.1, 0.15) is 24.8 Å². The number of hydrogen-bond donors (Lipinski definition) is 0. The van der Waals surface area contributed by atoms with Crippen molar-refractivity contribution in [3.8, 4) is 12.3 Å². The molecule has 13 heavy (non-hydrogen) atoms. The number of halogens is 1. The zero-order chi connectivity index (χ0) is 9.31. The Kier molecular flexibility index (Phi) is 2.06. The van der Waals surface area contributed by atoms with Gasteiger partial charge in [0.25, 0.3) is 0 Å². The summed E-state index contributed by atoms with van der Waals surface area (Å²) in [7, 11) is 0. The maximum atomic E-state index is 5.92. The van der Waals surface area contributed by atoms with E-state index in [1.807, 2.05) is 18.2 Å². The monoisotopic (exact) mass is 190 g/mol. The number of benzene rings is 1. The van der Waals surface area contributed by atoms with Crippen molar-refractivity contribution in [1.29, 1.82) is 0 Å². The third-order valence-corrected chi connectivity index (χ3v) is 3.10. The van der Waals surface area contributed by atoms with Gasteiger partial charge < -0.3 is 0 Å². The molecule has 1 aromatic rings. The Balaban J connectivity index is 2.40. The second kappa shape index (κ2) is 3.09. The van der Waals surface area contributed by atoms with Gasteiger partial charge in [-0.25, -0.2) is 0 Å². The van der Waals surface area contributed by atoms with Gasteiger partial charge in [0.2, 0.25) is 0 Å². The lowest BCUT2D eigenvalue weighted by molar-refractivity contribution is 0.328. The van der Waals surface area contributed by atoms with Crippen molar-refractivity contribution in [1.82, 2.24) is 0 Å². The van der Waals surface area contributed by atoms with E-state index >= 15 is 0 Å². The van der Waals surface area contributed by atoms with Gasteiger partial charge >= 0.3 is 0 Å². The normalized spacial score (nSPS) is 18.8. The highest BCUT2D eigenvalue weighted by atomic mass is 35.5. The van der Waals surface area contributed by atoms with Crippen LogP contribution in [-0.2, 0) is 5.41 Å². The van der Waals surface area contributed by atoms with Crippen molar-refractivity contribution < 1.29 is 0 Å². The lowest BCUT2D eigenvalue weighted by Gasteiger charge is -2.37. The molecule has 0 nitrogen and oxygen atoms in total. The van der Waals surface area contributed by atoms with E-state index < -0.39 is 0 Å². The van der Waals surface area contributed by atoms with Crippen LogP contribution in [0.5, 0.6) is 0 Å². The lowest BCUT2D eigenvalue weighted by atomic mass is 9.65. The smallest absolute Gasteiger partial charge is 0.0560 e. The van der Waals surface area contributed by atoms with Gasteiger partial charge in [0, 0.05) is 5.02 Å². The first-order chi connectivity index (χ1) is 6.27. The summed E-state index contributed by atoms with van der Waals surface area (Å²) in [5.74, 6) is 2.90. The molecule has 0 aromatic heterocycles. The molecule has 0 radical (unpaired) electrons. The van der Waals surface area contributed by atoms with E-state index in [2.05, 4.69) is 12.0 Å². The molecule has 1 saturated carbocycles. The van der Waals surface area contributed by atoms with Crippen LogP contribution >= 0.6 is 11.6 Å². The molecule has 66 valence electrons. The molecule has 2 rings (SSSR count). The van der Waals surface area contributed by atoms with Crippen LogP contribution in [0.2, 0.25) is 5.02 Å². The second-order valence-corrected chi connectivity index (χ2v) is 4.03. The summed E-state index contributed by atoms with van der Waals surface area (Å²) in [4.78, 5) is 0. The standard InChI is InChI=1S/C12H11Cl/c1-2-12(7-4-8-12)10-5-3-6-11(13)9-10/h1,3,5-6,9H,4,7-8H2. The quantitative estimate of drug-likeness (QED) is 0.596. The molecule has 0 unspecified atom stereocenters. The molecule has 0 N–H and O–H groups in total. The third-order valence-electron chi connectivity index (χ3n) is 2.86. The number of terminal acetylenes is 1. The SMILES string of the molecule is C#CC1(c2cccc(Cl)c2)CCC1. The van der Waals surface area contributed by atoms with Crippen LogP contribution in [0, 0.1) is 12.3 Å². The van der Waals surface area contributed by atoms with Gasteiger partial charge in [-0.15, -0.1) is 6.42 Å². The molecule has 1 aliphatic carbocycles. The van der Waals surface area contributed by atoms with Crippen molar-refractivity contribution in [2.24, 2.45) is 0 Å². The maximum absolute atomic E-state index is 5.92. The van der Waals surface area contributed by atoms with Crippen LogP contribution in [-0.4, -0.2) is 0 Å². The highest BCUT2D eigenvalue weighted by molar-refractivity contribution is 6.30. The summed E-state index contributed by atoms with van der Waals surface area (Å²) in [6.45, 7) is 0. The minimum Gasteiger partial charge on any atom is -0.119 e. The van der Waals surface area contributed by atoms with Gasteiger partial charge in [0.05, 0.1) is 5.41 Å². The molecule has 0 bridgehead atoms. The van der Waals surface area contributed by atoms with Crippen LogP contribution in [0.25, 0.3) is 0 Å². The average molecular weight is 191 g/mol. The first-order valence-corrected chi connectivity index (χ1v) is 4.88. The first kappa shape index (κ1) is 8.66. The minimum atomic E-state index is -0.00903. The first-order valence-electron chi connectivity index (χ1n) is 4.51. The topological polar surface area (TPSA) is 0 Å². The van der Waals surface area contributed by atoms with Crippen LogP contribution in [0.15, 0.2) is 24.3 Å². The fraction of sp³-hybridized carbons (Fsp3) is 0.333. The highest BCUT2D eigenvalue weighted by Crippen LogP contribution is 2.43. The molecule has 1 aromatic carbocycles. The number of rotatable bonds is 1. The van der Waals surface area contributed by atoms with Crippen LogP contribution in [0.4, 0.5) is 0 Å². The Morgan fingerprint density at radius 1 is 1.38 bits per heavy atom. The van der Waals surface area contributed by atoms with E-state index in [-0.39, 0.29) is 5.41 Å². The van der Waals surface area contributed by atoms with Crippen LogP contribution < -0.4 is 0 Å². The van der Waals surface area contributed by atoms with E-state index in [1.54, 1.807) is 0 Å². The van der Waals surface area contributed by atoms with Crippen molar-refractivity contribution in [2.45, 2.75) is 24.7 Å². The van der Waals surface area contributed by atoms with Gasteiger partial charge in [-0.1, -0.05) is 29.7 Å². The Labute approximate surface area is 83.9 Å². The molecular formula is C12H11Cl. The average Bonchev–Trinajstić information content (AvgIpc) is 2.03. The zero-order valence-electron chi connectivity index (χ0n) is 7.39. The van der Waals surface area contributed by atoms with Gasteiger partial charge in [-0.3, -0.25) is 0 Å². The molecule has 0 aliphatic heterocycles. The maximum Gasteiger partial charge on any atom is 0.0560 e. The largest absolute Gasteiger partial charge is 0.119 e. The van der Waals surface area contributed by atoms with Crippen molar-refractivity contribution >= 4 is 11.6 Å². The van der Waals surface area contributed by atoms with Gasteiger partial charge in [0.1, 0.15) is 0 Å². The fourth-order valence-electron chi connectivity index (χ4n) is 1.83. The molecule has 0 spiro atoms. The van der Waals surface area contributed by atoms with Gasteiger partial charge in [0.15, 0.2) is 0 Å². The number of hydrogen-bond acceptors (Lipinski definition) is 0. The third kappa shape index (κ3) is 1.34. The fourth-order valence-corrected chi connectivity index (χ4v) is 2.02. The summed E-state index contributed by atoms with van der Waals surface area (Å²) in [5.41, 5.74) is 1.19. The highest BCUT2D eigenvalue weighted by Gasteiger charge is 2.36. The Bertz CT molecular complexity index is 356. The Morgan fingerprint density at radius 2 is 2.15 bits per heavy atom. The summed E-state index contributed by atoms with van der Waals surface area (Å²) in [6, 6.07) is 7.91. The molecule has 1 fully saturated rings. The lowest BCUT2D eigenvalue weighted by Crippen LogP contribution is -2.32. The van der Waals surface area contributed by atoms with Crippen molar-refractivity contribution in [2.75, 3.05) is 0 Å². The molecule has 1 aliphatic rings. The molecule has 0 saturated heterocycles. The van der Waals surface area contributed by atoms with E-state index in [9.17, 15) is 0 Å². The molecule has 0 heterocycles.